The second-order valence-electron chi connectivity index (χ2n) is 5.34. The SMILES string of the molecule is CCOc1ccc(C(=O)N[C@H](C(=O)NCC(N)=O)C(C)C)cc1. The molecular formula is C16H23N3O4. The fourth-order valence-corrected chi connectivity index (χ4v) is 1.91. The monoisotopic (exact) mass is 321 g/mol. The molecule has 0 saturated heterocycles. The maximum Gasteiger partial charge on any atom is 0.251 e. The highest BCUT2D eigenvalue weighted by Gasteiger charge is 2.24. The van der Waals surface area contributed by atoms with Gasteiger partial charge in [-0.05, 0) is 37.1 Å². The summed E-state index contributed by atoms with van der Waals surface area (Å²) in [6.45, 7) is 5.75. The summed E-state index contributed by atoms with van der Waals surface area (Å²) in [4.78, 5) is 35.0. The minimum absolute atomic E-state index is 0.144. The van der Waals surface area contributed by atoms with Crippen LogP contribution in [0.3, 0.4) is 0 Å². The van der Waals surface area contributed by atoms with Crippen molar-refractivity contribution in [2.75, 3.05) is 13.2 Å². The van der Waals surface area contributed by atoms with Crippen LogP contribution in [0.25, 0.3) is 0 Å². The number of primary amides is 1. The number of hydrogen-bond acceptors (Lipinski definition) is 4. The third-order valence-corrected chi connectivity index (χ3v) is 3.10. The molecule has 0 radical (unpaired) electrons. The topological polar surface area (TPSA) is 111 Å². The molecule has 7 heteroatoms. The van der Waals surface area contributed by atoms with Gasteiger partial charge in [-0.1, -0.05) is 13.8 Å². The number of benzene rings is 1. The summed E-state index contributed by atoms with van der Waals surface area (Å²) in [5.41, 5.74) is 5.41. The van der Waals surface area contributed by atoms with Crippen LogP contribution in [-0.4, -0.2) is 36.9 Å². The Morgan fingerprint density at radius 1 is 1.17 bits per heavy atom. The zero-order valence-electron chi connectivity index (χ0n) is 13.6. The lowest BCUT2D eigenvalue weighted by molar-refractivity contribution is -0.126. The molecule has 0 aliphatic heterocycles. The number of carbonyl (C=O) groups is 3. The molecule has 0 aliphatic rings. The van der Waals surface area contributed by atoms with Crippen LogP contribution in [0.4, 0.5) is 0 Å². The van der Waals surface area contributed by atoms with Crippen LogP contribution in [0.15, 0.2) is 24.3 Å². The third kappa shape index (κ3) is 5.98. The maximum atomic E-state index is 12.2. The molecule has 0 fully saturated rings. The number of rotatable bonds is 8. The summed E-state index contributed by atoms with van der Waals surface area (Å²) in [5.74, 6) is -0.934. The van der Waals surface area contributed by atoms with E-state index in [9.17, 15) is 14.4 Å². The van der Waals surface area contributed by atoms with Crippen LogP contribution in [0.1, 0.15) is 31.1 Å². The molecule has 126 valence electrons. The van der Waals surface area contributed by atoms with E-state index in [1.54, 1.807) is 38.1 Å². The zero-order chi connectivity index (χ0) is 17.4. The van der Waals surface area contributed by atoms with Crippen LogP contribution >= 0.6 is 0 Å². The summed E-state index contributed by atoms with van der Waals surface area (Å²) in [6, 6.07) is 5.87. The van der Waals surface area contributed by atoms with Crippen molar-refractivity contribution >= 4 is 17.7 Å². The van der Waals surface area contributed by atoms with Crippen molar-refractivity contribution in [2.24, 2.45) is 11.7 Å². The predicted octanol–water partition coefficient (Wildman–Crippen LogP) is 0.441. The van der Waals surface area contributed by atoms with Gasteiger partial charge in [0, 0.05) is 5.56 Å². The normalized spacial score (nSPS) is 11.7. The molecule has 1 aromatic rings. The fourth-order valence-electron chi connectivity index (χ4n) is 1.91. The van der Waals surface area contributed by atoms with Crippen LogP contribution in [0, 0.1) is 5.92 Å². The summed E-state index contributed by atoms with van der Waals surface area (Å²) in [6.07, 6.45) is 0. The molecule has 0 aliphatic carbocycles. The first-order chi connectivity index (χ1) is 10.8. The van der Waals surface area contributed by atoms with E-state index in [2.05, 4.69) is 10.6 Å². The summed E-state index contributed by atoms with van der Waals surface area (Å²) >= 11 is 0. The molecular weight excluding hydrogens is 298 g/mol. The largest absolute Gasteiger partial charge is 0.494 e. The highest BCUT2D eigenvalue weighted by Crippen LogP contribution is 2.12. The van der Waals surface area contributed by atoms with Gasteiger partial charge in [0.1, 0.15) is 11.8 Å². The van der Waals surface area contributed by atoms with Gasteiger partial charge in [0.25, 0.3) is 5.91 Å². The Hall–Kier alpha value is -2.57. The first-order valence-corrected chi connectivity index (χ1v) is 7.44. The van der Waals surface area contributed by atoms with Gasteiger partial charge in [-0.3, -0.25) is 14.4 Å². The van der Waals surface area contributed by atoms with E-state index in [0.717, 1.165) is 0 Å². The average Bonchev–Trinajstić information content (AvgIpc) is 2.50. The van der Waals surface area contributed by atoms with Gasteiger partial charge in [-0.15, -0.1) is 0 Å². The number of nitrogens with one attached hydrogen (secondary N) is 2. The van der Waals surface area contributed by atoms with E-state index >= 15 is 0 Å². The fraction of sp³-hybridized carbons (Fsp3) is 0.438. The van der Waals surface area contributed by atoms with Crippen molar-refractivity contribution in [3.63, 3.8) is 0 Å². The third-order valence-electron chi connectivity index (χ3n) is 3.10. The highest BCUT2D eigenvalue weighted by molar-refractivity contribution is 5.98. The van der Waals surface area contributed by atoms with Gasteiger partial charge in [-0.25, -0.2) is 0 Å². The van der Waals surface area contributed by atoms with Crippen LogP contribution in [0.2, 0.25) is 0 Å². The van der Waals surface area contributed by atoms with E-state index in [-0.39, 0.29) is 18.4 Å². The smallest absolute Gasteiger partial charge is 0.251 e. The van der Waals surface area contributed by atoms with E-state index in [0.29, 0.717) is 17.9 Å². The Balaban J connectivity index is 2.73. The lowest BCUT2D eigenvalue weighted by Crippen LogP contribution is -2.51. The molecule has 0 aromatic heterocycles. The van der Waals surface area contributed by atoms with E-state index in [1.165, 1.54) is 0 Å². The highest BCUT2D eigenvalue weighted by atomic mass is 16.5. The molecule has 0 spiro atoms. The number of ether oxygens (including phenoxy) is 1. The maximum absolute atomic E-state index is 12.2. The number of amides is 3. The van der Waals surface area contributed by atoms with Crippen LogP contribution in [0.5, 0.6) is 5.75 Å². The minimum Gasteiger partial charge on any atom is -0.494 e. The number of hydrogen-bond donors (Lipinski definition) is 3. The zero-order valence-corrected chi connectivity index (χ0v) is 13.6. The molecule has 0 heterocycles. The van der Waals surface area contributed by atoms with Gasteiger partial charge in [0.05, 0.1) is 13.2 Å². The second kappa shape index (κ2) is 8.77. The van der Waals surface area contributed by atoms with E-state index in [1.807, 2.05) is 6.92 Å². The summed E-state index contributed by atoms with van der Waals surface area (Å²) in [7, 11) is 0. The van der Waals surface area contributed by atoms with Crippen LogP contribution < -0.4 is 21.1 Å². The lowest BCUT2D eigenvalue weighted by atomic mass is 10.0. The van der Waals surface area contributed by atoms with Gasteiger partial charge in [0.15, 0.2) is 0 Å². The first kappa shape index (κ1) is 18.5. The molecule has 1 aromatic carbocycles. The Morgan fingerprint density at radius 3 is 2.26 bits per heavy atom. The number of carbonyl (C=O) groups excluding carboxylic acids is 3. The van der Waals surface area contributed by atoms with E-state index < -0.39 is 17.9 Å². The minimum atomic E-state index is -0.756. The van der Waals surface area contributed by atoms with Crippen molar-refractivity contribution in [3.8, 4) is 5.75 Å². The molecule has 0 unspecified atom stereocenters. The summed E-state index contributed by atoms with van der Waals surface area (Å²) < 4.78 is 5.31. The van der Waals surface area contributed by atoms with Crippen molar-refractivity contribution in [3.05, 3.63) is 29.8 Å². The molecule has 7 nitrogen and oxygen atoms in total. The molecule has 3 amide bonds. The Kier molecular flexibility index (Phi) is 7.05. The van der Waals surface area contributed by atoms with Gasteiger partial charge < -0.3 is 21.1 Å². The van der Waals surface area contributed by atoms with Crippen molar-refractivity contribution in [2.45, 2.75) is 26.8 Å². The molecule has 0 bridgehead atoms. The Bertz CT molecular complexity index is 555. The summed E-state index contributed by atoms with van der Waals surface area (Å²) in [5, 5.41) is 5.06. The molecule has 23 heavy (non-hydrogen) atoms. The molecule has 0 saturated carbocycles. The van der Waals surface area contributed by atoms with Gasteiger partial charge >= 0.3 is 0 Å². The van der Waals surface area contributed by atoms with Gasteiger partial charge in [0.2, 0.25) is 11.8 Å². The van der Waals surface area contributed by atoms with E-state index in [4.69, 9.17) is 10.5 Å². The Morgan fingerprint density at radius 2 is 1.78 bits per heavy atom. The quantitative estimate of drug-likeness (QED) is 0.645. The standard InChI is InChI=1S/C16H23N3O4/c1-4-23-12-7-5-11(6-8-12)15(21)19-14(10(2)3)16(22)18-9-13(17)20/h5-8,10,14H,4,9H2,1-3H3,(H2,17,20)(H,18,22)(H,19,21)/t14-/m0/s1. The van der Waals surface area contributed by atoms with Crippen molar-refractivity contribution in [1.29, 1.82) is 0 Å². The molecule has 1 rings (SSSR count). The number of nitrogens with two attached hydrogens (primary N) is 1. The molecule has 1 atom stereocenters. The molecule has 4 N–H and O–H groups in total. The predicted molar refractivity (Wildman–Crippen MR) is 85.9 cm³/mol. The van der Waals surface area contributed by atoms with Gasteiger partial charge in [-0.2, -0.15) is 0 Å². The van der Waals surface area contributed by atoms with Crippen molar-refractivity contribution in [1.82, 2.24) is 10.6 Å². The van der Waals surface area contributed by atoms with Crippen LogP contribution in [-0.2, 0) is 9.59 Å². The lowest BCUT2D eigenvalue weighted by Gasteiger charge is -2.21. The average molecular weight is 321 g/mol. The second-order valence-corrected chi connectivity index (χ2v) is 5.34. The first-order valence-electron chi connectivity index (χ1n) is 7.44. The van der Waals surface area contributed by atoms with Crippen molar-refractivity contribution < 1.29 is 19.1 Å². The Labute approximate surface area is 135 Å².